The molecule has 0 bridgehead atoms. The van der Waals surface area contributed by atoms with E-state index in [9.17, 15) is 4.79 Å². The lowest BCUT2D eigenvalue weighted by atomic mass is 10.1. The van der Waals surface area contributed by atoms with E-state index in [-0.39, 0.29) is 5.69 Å². The molecule has 21 heavy (non-hydrogen) atoms. The van der Waals surface area contributed by atoms with Crippen LogP contribution in [-0.2, 0) is 0 Å². The number of ether oxygens (including phenoxy) is 1. The second-order valence-corrected chi connectivity index (χ2v) is 4.56. The summed E-state index contributed by atoms with van der Waals surface area (Å²) in [5.41, 5.74) is 2.37. The van der Waals surface area contributed by atoms with Gasteiger partial charge in [-0.2, -0.15) is 0 Å². The van der Waals surface area contributed by atoms with Crippen LogP contribution in [0.4, 0.5) is 0 Å². The van der Waals surface area contributed by atoms with Crippen molar-refractivity contribution in [1.29, 1.82) is 0 Å². The number of rotatable bonds is 3. The Bertz CT molecular complexity index is 793. The fourth-order valence-corrected chi connectivity index (χ4v) is 2.12. The monoisotopic (exact) mass is 278 g/mol. The first-order chi connectivity index (χ1) is 10.3. The van der Waals surface area contributed by atoms with Crippen LogP contribution < -0.4 is 10.4 Å². The molecule has 0 N–H and O–H groups in total. The van der Waals surface area contributed by atoms with Gasteiger partial charge in [0.1, 0.15) is 5.75 Å². The Balaban J connectivity index is 2.07. The van der Waals surface area contributed by atoms with Crippen LogP contribution in [0, 0.1) is 0 Å². The van der Waals surface area contributed by atoms with Gasteiger partial charge in [0, 0.05) is 18.0 Å². The maximum absolute atomic E-state index is 12.0. The van der Waals surface area contributed by atoms with Crippen LogP contribution in [0.3, 0.4) is 0 Å². The minimum atomic E-state index is -0.306. The van der Waals surface area contributed by atoms with Crippen LogP contribution in [0.2, 0.25) is 0 Å². The molecule has 4 nitrogen and oxygen atoms in total. The highest BCUT2D eigenvalue weighted by Crippen LogP contribution is 2.18. The average molecular weight is 278 g/mol. The third-order valence-electron chi connectivity index (χ3n) is 3.25. The predicted molar refractivity (Wildman–Crippen MR) is 81.8 cm³/mol. The molecule has 0 saturated heterocycles. The molecule has 0 amide bonds. The third kappa shape index (κ3) is 2.69. The normalized spacial score (nSPS) is 10.3. The van der Waals surface area contributed by atoms with Crippen LogP contribution >= 0.6 is 0 Å². The van der Waals surface area contributed by atoms with E-state index in [1.165, 1.54) is 4.57 Å². The molecule has 0 aliphatic heterocycles. The number of hydrogen-bond donors (Lipinski definition) is 0. The molecular formula is C17H14N2O2. The molecule has 0 spiro atoms. The first kappa shape index (κ1) is 13.1. The second-order valence-electron chi connectivity index (χ2n) is 4.56. The Labute approximate surface area is 122 Å². The van der Waals surface area contributed by atoms with Crippen LogP contribution in [0.15, 0.2) is 71.8 Å². The molecule has 0 aliphatic rings. The van der Waals surface area contributed by atoms with E-state index in [2.05, 4.69) is 4.98 Å². The summed E-state index contributed by atoms with van der Waals surface area (Å²) in [5, 5.41) is 0. The maximum Gasteiger partial charge on any atom is 0.352 e. The first-order valence-electron chi connectivity index (χ1n) is 6.56. The Morgan fingerprint density at radius 1 is 0.952 bits per heavy atom. The van der Waals surface area contributed by atoms with Crippen molar-refractivity contribution in [2.75, 3.05) is 7.11 Å². The highest BCUT2D eigenvalue weighted by atomic mass is 16.5. The fourth-order valence-electron chi connectivity index (χ4n) is 2.12. The molecule has 0 unspecified atom stereocenters. The number of methoxy groups -OCH3 is 1. The second kappa shape index (κ2) is 5.63. The number of nitrogens with zero attached hydrogens (tertiary/aromatic N) is 2. The largest absolute Gasteiger partial charge is 0.497 e. The molecule has 104 valence electrons. The van der Waals surface area contributed by atoms with Gasteiger partial charge >= 0.3 is 5.69 Å². The zero-order valence-corrected chi connectivity index (χ0v) is 11.6. The summed E-state index contributed by atoms with van der Waals surface area (Å²) in [7, 11) is 1.61. The molecule has 2 aromatic carbocycles. The van der Waals surface area contributed by atoms with E-state index >= 15 is 0 Å². The Hall–Kier alpha value is -2.88. The molecule has 0 fully saturated rings. The molecule has 0 radical (unpaired) electrons. The van der Waals surface area contributed by atoms with Crippen molar-refractivity contribution in [2.45, 2.75) is 0 Å². The summed E-state index contributed by atoms with van der Waals surface area (Å²) >= 11 is 0. The number of benzene rings is 2. The molecule has 0 atom stereocenters. The van der Waals surface area contributed by atoms with E-state index in [4.69, 9.17) is 4.74 Å². The summed E-state index contributed by atoms with van der Waals surface area (Å²) in [6.07, 6.45) is 3.39. The van der Waals surface area contributed by atoms with Crippen molar-refractivity contribution < 1.29 is 4.74 Å². The van der Waals surface area contributed by atoms with Crippen molar-refractivity contribution in [3.05, 3.63) is 77.5 Å². The lowest BCUT2D eigenvalue weighted by Gasteiger charge is -2.08. The Morgan fingerprint density at radius 2 is 1.67 bits per heavy atom. The molecule has 0 saturated carbocycles. The predicted octanol–water partition coefficient (Wildman–Crippen LogP) is 2.91. The Kier molecular flexibility index (Phi) is 3.51. The molecule has 3 rings (SSSR count). The molecular weight excluding hydrogens is 264 g/mol. The third-order valence-corrected chi connectivity index (χ3v) is 3.25. The van der Waals surface area contributed by atoms with Crippen molar-refractivity contribution in [1.82, 2.24) is 9.55 Å². The fraction of sp³-hybridized carbons (Fsp3) is 0.0588. The van der Waals surface area contributed by atoms with Crippen molar-refractivity contribution >= 4 is 0 Å². The summed E-state index contributed by atoms with van der Waals surface area (Å²) in [6.45, 7) is 0. The molecule has 4 heteroatoms. The lowest BCUT2D eigenvalue weighted by Crippen LogP contribution is -2.20. The minimum Gasteiger partial charge on any atom is -0.497 e. The van der Waals surface area contributed by atoms with Crippen molar-refractivity contribution in [2.24, 2.45) is 0 Å². The number of hydrogen-bond acceptors (Lipinski definition) is 3. The van der Waals surface area contributed by atoms with Gasteiger partial charge in [0.2, 0.25) is 0 Å². The SMILES string of the molecule is COc1ccc(-n2cc(-c3ccccc3)cnc2=O)cc1. The molecule has 0 aliphatic carbocycles. The minimum absolute atomic E-state index is 0.306. The van der Waals surface area contributed by atoms with Gasteiger partial charge in [-0.3, -0.25) is 4.57 Å². The highest BCUT2D eigenvalue weighted by molar-refractivity contribution is 5.61. The standard InChI is InChI=1S/C17H14N2O2/c1-21-16-9-7-15(8-10-16)19-12-14(11-18-17(19)20)13-5-3-2-4-6-13/h2-12H,1H3. The smallest absolute Gasteiger partial charge is 0.352 e. The van der Waals surface area contributed by atoms with Gasteiger partial charge in [-0.1, -0.05) is 30.3 Å². The maximum atomic E-state index is 12.0. The number of aromatic nitrogens is 2. The van der Waals surface area contributed by atoms with E-state index < -0.39 is 0 Å². The molecule has 3 aromatic rings. The quantitative estimate of drug-likeness (QED) is 0.740. The molecule has 1 heterocycles. The zero-order valence-electron chi connectivity index (χ0n) is 11.6. The summed E-state index contributed by atoms with van der Waals surface area (Å²) < 4.78 is 6.65. The average Bonchev–Trinajstić information content (AvgIpc) is 2.56. The first-order valence-corrected chi connectivity index (χ1v) is 6.56. The highest BCUT2D eigenvalue weighted by Gasteiger charge is 2.04. The van der Waals surface area contributed by atoms with E-state index in [1.807, 2.05) is 54.6 Å². The summed E-state index contributed by atoms with van der Waals surface area (Å²) in [5.74, 6) is 0.749. The van der Waals surface area contributed by atoms with Gasteiger partial charge in [-0.15, -0.1) is 0 Å². The van der Waals surface area contributed by atoms with E-state index in [0.29, 0.717) is 0 Å². The van der Waals surface area contributed by atoms with Gasteiger partial charge in [-0.05, 0) is 29.8 Å². The topological polar surface area (TPSA) is 44.1 Å². The van der Waals surface area contributed by atoms with E-state index in [0.717, 1.165) is 22.6 Å². The van der Waals surface area contributed by atoms with Crippen LogP contribution in [0.5, 0.6) is 5.75 Å². The van der Waals surface area contributed by atoms with Crippen molar-refractivity contribution in [3.8, 4) is 22.6 Å². The summed E-state index contributed by atoms with van der Waals surface area (Å²) in [6, 6.07) is 17.1. The van der Waals surface area contributed by atoms with Crippen LogP contribution in [0.25, 0.3) is 16.8 Å². The van der Waals surface area contributed by atoms with Gasteiger partial charge in [0.15, 0.2) is 0 Å². The van der Waals surface area contributed by atoms with Crippen molar-refractivity contribution in [3.63, 3.8) is 0 Å². The van der Waals surface area contributed by atoms with Crippen LogP contribution in [-0.4, -0.2) is 16.7 Å². The van der Waals surface area contributed by atoms with E-state index in [1.54, 1.807) is 19.5 Å². The summed E-state index contributed by atoms with van der Waals surface area (Å²) in [4.78, 5) is 15.9. The Morgan fingerprint density at radius 3 is 2.33 bits per heavy atom. The van der Waals surface area contributed by atoms with Crippen LogP contribution in [0.1, 0.15) is 0 Å². The van der Waals surface area contributed by atoms with Gasteiger partial charge in [-0.25, -0.2) is 9.78 Å². The molecule has 1 aromatic heterocycles. The zero-order chi connectivity index (χ0) is 14.7. The van der Waals surface area contributed by atoms with Gasteiger partial charge < -0.3 is 4.74 Å². The van der Waals surface area contributed by atoms with Gasteiger partial charge in [0.25, 0.3) is 0 Å². The van der Waals surface area contributed by atoms with Gasteiger partial charge in [0.05, 0.1) is 12.8 Å². The lowest BCUT2D eigenvalue weighted by molar-refractivity contribution is 0.414.